The highest BCUT2D eigenvalue weighted by Crippen LogP contribution is 2.42. The van der Waals surface area contributed by atoms with E-state index in [1.165, 1.54) is 23.7 Å². The number of nitrogens with zero attached hydrogens (tertiary/aromatic N) is 1. The fourth-order valence-corrected chi connectivity index (χ4v) is 3.61. The average Bonchev–Trinajstić information content (AvgIpc) is 2.96. The number of benzene rings is 2. The molecule has 1 amide bonds. The van der Waals surface area contributed by atoms with Crippen LogP contribution in [0.5, 0.6) is 0 Å². The van der Waals surface area contributed by atoms with Gasteiger partial charge in [0.15, 0.2) is 5.78 Å². The van der Waals surface area contributed by atoms with Crippen LogP contribution >= 0.6 is 11.5 Å². The zero-order valence-corrected chi connectivity index (χ0v) is 12.6. The van der Waals surface area contributed by atoms with Gasteiger partial charge in [-0.05, 0) is 23.7 Å². The van der Waals surface area contributed by atoms with Crippen molar-refractivity contribution in [2.45, 2.75) is 6.18 Å². The number of anilines is 1. The molecule has 120 valence electrons. The number of hydrogen-bond donors (Lipinski definition) is 1. The minimum atomic E-state index is -5.04. The van der Waals surface area contributed by atoms with E-state index >= 15 is 0 Å². The summed E-state index contributed by atoms with van der Waals surface area (Å²) in [6.45, 7) is 0. The van der Waals surface area contributed by atoms with Crippen LogP contribution in [0.25, 0.3) is 21.3 Å². The number of carbonyl (C=O) groups is 2. The van der Waals surface area contributed by atoms with Crippen molar-refractivity contribution < 1.29 is 22.8 Å². The van der Waals surface area contributed by atoms with Gasteiger partial charge in [0.05, 0.1) is 21.6 Å². The second-order valence-electron chi connectivity index (χ2n) is 5.22. The Hall–Kier alpha value is -2.74. The second-order valence-corrected chi connectivity index (χ2v) is 6.02. The lowest BCUT2D eigenvalue weighted by molar-refractivity contribution is -0.167. The molecule has 1 aliphatic rings. The summed E-state index contributed by atoms with van der Waals surface area (Å²) in [7, 11) is 0. The molecular weight excluding hydrogens is 341 g/mol. The Bertz CT molecular complexity index is 1020. The molecule has 0 aliphatic heterocycles. The molecule has 0 unspecified atom stereocenters. The lowest BCUT2D eigenvalue weighted by Crippen LogP contribution is -2.31. The van der Waals surface area contributed by atoms with Gasteiger partial charge in [0.1, 0.15) is 0 Å². The Morgan fingerprint density at radius 2 is 1.79 bits per heavy atom. The van der Waals surface area contributed by atoms with Gasteiger partial charge in [-0.15, -0.1) is 0 Å². The van der Waals surface area contributed by atoms with E-state index in [0.29, 0.717) is 22.2 Å². The zero-order chi connectivity index (χ0) is 17.1. The molecule has 0 fully saturated rings. The van der Waals surface area contributed by atoms with E-state index in [4.69, 9.17) is 0 Å². The Morgan fingerprint density at radius 1 is 1.08 bits per heavy atom. The number of fused-ring (bicyclic) bond motifs is 2. The van der Waals surface area contributed by atoms with Gasteiger partial charge < -0.3 is 5.32 Å². The topological polar surface area (TPSA) is 59.1 Å². The summed E-state index contributed by atoms with van der Waals surface area (Å²) in [6, 6.07) is 9.50. The van der Waals surface area contributed by atoms with Crippen LogP contribution in [0.1, 0.15) is 15.9 Å². The van der Waals surface area contributed by atoms with Crippen LogP contribution < -0.4 is 5.32 Å². The van der Waals surface area contributed by atoms with E-state index in [1.807, 2.05) is 6.07 Å². The number of nitrogens with one attached hydrogen (secondary N) is 1. The zero-order valence-electron chi connectivity index (χ0n) is 11.8. The number of ketones is 1. The number of rotatable bonds is 1. The van der Waals surface area contributed by atoms with Crippen LogP contribution in [-0.2, 0) is 4.79 Å². The van der Waals surface area contributed by atoms with Gasteiger partial charge in [0.25, 0.3) is 0 Å². The first-order valence-corrected chi connectivity index (χ1v) is 7.60. The predicted octanol–water partition coefficient (Wildman–Crippen LogP) is 4.01. The van der Waals surface area contributed by atoms with Gasteiger partial charge in [0, 0.05) is 16.5 Å². The Morgan fingerprint density at radius 3 is 2.54 bits per heavy atom. The maximum Gasteiger partial charge on any atom is 0.471 e. The molecule has 4 rings (SSSR count). The van der Waals surface area contributed by atoms with Crippen molar-refractivity contribution in [3.8, 4) is 11.3 Å². The Balaban J connectivity index is 1.94. The smallest absolute Gasteiger partial charge is 0.318 e. The van der Waals surface area contributed by atoms with Gasteiger partial charge in [0.2, 0.25) is 0 Å². The van der Waals surface area contributed by atoms with Crippen molar-refractivity contribution >= 4 is 39.0 Å². The van der Waals surface area contributed by atoms with Crippen LogP contribution in [0, 0.1) is 0 Å². The quantitative estimate of drug-likeness (QED) is 0.565. The largest absolute Gasteiger partial charge is 0.471 e. The lowest BCUT2D eigenvalue weighted by Gasteiger charge is -2.19. The molecule has 1 N–H and O–H groups in total. The molecule has 1 aromatic heterocycles. The molecule has 0 saturated carbocycles. The molecule has 0 radical (unpaired) electrons. The Labute approximate surface area is 137 Å². The molecular formula is C16H7F3N2O2S. The standard InChI is InChI=1S/C16H7F3N2O2S/c17-16(18,19)15(23)20-9-5-1-3-7-11(9)14(22)8-4-2-6-10-12(8)13(7)21-24-10/h1-6H,(H,20,23). The molecule has 1 heterocycles. The van der Waals surface area contributed by atoms with E-state index in [0.717, 1.165) is 4.70 Å². The molecule has 24 heavy (non-hydrogen) atoms. The predicted molar refractivity (Wildman–Crippen MR) is 83.2 cm³/mol. The molecule has 4 nitrogen and oxygen atoms in total. The van der Waals surface area contributed by atoms with E-state index in [2.05, 4.69) is 4.37 Å². The van der Waals surface area contributed by atoms with Crippen molar-refractivity contribution in [2.75, 3.05) is 5.32 Å². The molecule has 8 heteroatoms. The lowest BCUT2D eigenvalue weighted by atomic mass is 9.86. The highest BCUT2D eigenvalue weighted by Gasteiger charge is 2.40. The minimum Gasteiger partial charge on any atom is -0.318 e. The Kier molecular flexibility index (Phi) is 3.01. The van der Waals surface area contributed by atoms with Crippen molar-refractivity contribution in [3.63, 3.8) is 0 Å². The fourth-order valence-electron chi connectivity index (χ4n) is 2.79. The van der Waals surface area contributed by atoms with Gasteiger partial charge in [-0.25, -0.2) is 0 Å². The van der Waals surface area contributed by atoms with E-state index in [9.17, 15) is 22.8 Å². The second kappa shape index (κ2) is 4.88. The monoisotopic (exact) mass is 348 g/mol. The third kappa shape index (κ3) is 2.03. The summed E-state index contributed by atoms with van der Waals surface area (Å²) in [5, 5.41) is 2.48. The van der Waals surface area contributed by atoms with Crippen LogP contribution in [0.15, 0.2) is 36.4 Å². The molecule has 1 aliphatic carbocycles. The van der Waals surface area contributed by atoms with Gasteiger partial charge in [-0.3, -0.25) is 9.59 Å². The van der Waals surface area contributed by atoms with Crippen molar-refractivity contribution in [1.29, 1.82) is 0 Å². The third-order valence-electron chi connectivity index (χ3n) is 3.80. The van der Waals surface area contributed by atoms with Crippen LogP contribution in [0.2, 0.25) is 0 Å². The van der Waals surface area contributed by atoms with Crippen LogP contribution in [0.3, 0.4) is 0 Å². The molecule has 0 spiro atoms. The van der Waals surface area contributed by atoms with Crippen LogP contribution in [-0.4, -0.2) is 22.2 Å². The highest BCUT2D eigenvalue weighted by atomic mass is 32.1. The molecule has 0 bridgehead atoms. The van der Waals surface area contributed by atoms with Crippen LogP contribution in [0.4, 0.5) is 18.9 Å². The van der Waals surface area contributed by atoms with Crippen molar-refractivity contribution in [3.05, 3.63) is 47.5 Å². The minimum absolute atomic E-state index is 0.0287. The first kappa shape index (κ1) is 14.8. The number of aromatic nitrogens is 1. The average molecular weight is 348 g/mol. The maximum absolute atomic E-state index is 12.8. The SMILES string of the molecule is O=C1c2c(NC(=O)C(F)(F)F)cccc2-c2nsc3cccc1c23. The summed E-state index contributed by atoms with van der Waals surface area (Å²) in [4.78, 5) is 24.0. The summed E-state index contributed by atoms with van der Waals surface area (Å²) < 4.78 is 42.7. The first-order chi connectivity index (χ1) is 11.4. The van der Waals surface area contributed by atoms with E-state index in [-0.39, 0.29) is 11.3 Å². The normalized spacial score (nSPS) is 13.0. The third-order valence-corrected chi connectivity index (χ3v) is 4.61. The number of amides is 1. The summed E-state index contributed by atoms with van der Waals surface area (Å²) in [6.07, 6.45) is -5.04. The number of hydrogen-bond acceptors (Lipinski definition) is 4. The fraction of sp³-hybridized carbons (Fsp3) is 0.0625. The van der Waals surface area contributed by atoms with Crippen molar-refractivity contribution in [2.24, 2.45) is 0 Å². The summed E-state index contributed by atoms with van der Waals surface area (Å²) >= 11 is 1.21. The molecule has 3 aromatic rings. The van der Waals surface area contributed by atoms with E-state index < -0.39 is 17.9 Å². The van der Waals surface area contributed by atoms with E-state index in [1.54, 1.807) is 23.5 Å². The number of carbonyl (C=O) groups excluding carboxylic acids is 2. The van der Waals surface area contributed by atoms with Crippen molar-refractivity contribution in [1.82, 2.24) is 4.37 Å². The van der Waals surface area contributed by atoms with Gasteiger partial charge >= 0.3 is 12.1 Å². The first-order valence-electron chi connectivity index (χ1n) is 6.82. The molecule has 0 saturated heterocycles. The number of halogens is 3. The summed E-state index contributed by atoms with van der Waals surface area (Å²) in [5.74, 6) is -2.55. The molecule has 0 atom stereocenters. The maximum atomic E-state index is 12.8. The number of alkyl halides is 3. The molecule has 2 aromatic carbocycles. The summed E-state index contributed by atoms with van der Waals surface area (Å²) in [5.41, 5.74) is 1.20. The van der Waals surface area contributed by atoms with Gasteiger partial charge in [-0.1, -0.05) is 24.3 Å². The van der Waals surface area contributed by atoms with Gasteiger partial charge in [-0.2, -0.15) is 17.5 Å². The highest BCUT2D eigenvalue weighted by molar-refractivity contribution is 7.13.